The Balaban J connectivity index is 3.98. The number of esters is 1. The van der Waals surface area contributed by atoms with Gasteiger partial charge in [-0.25, -0.2) is 0 Å². The van der Waals surface area contributed by atoms with Crippen LogP contribution in [0.1, 0.15) is 26.7 Å². The fourth-order valence-corrected chi connectivity index (χ4v) is 1.44. The Kier molecular flexibility index (Phi) is 4.96. The highest BCUT2D eigenvalue weighted by molar-refractivity contribution is 8.69. The molecule has 0 fully saturated rings. The van der Waals surface area contributed by atoms with Gasteiger partial charge in [0.15, 0.2) is 0 Å². The van der Waals surface area contributed by atoms with Crippen LogP contribution in [-0.4, -0.2) is 16.2 Å². The lowest BCUT2D eigenvalue weighted by molar-refractivity contribution is -0.174. The number of hydrogen-bond donors (Lipinski definition) is 1. The first-order valence-electron chi connectivity index (χ1n) is 3.27. The fraction of sp³-hybridized carbons (Fsp3) is 0.833. The summed E-state index contributed by atoms with van der Waals surface area (Å²) in [7, 11) is 0.721. The van der Waals surface area contributed by atoms with Crippen molar-refractivity contribution in [3.05, 3.63) is 0 Å². The van der Waals surface area contributed by atoms with Crippen LogP contribution in [-0.2, 0) is 9.53 Å². The van der Waals surface area contributed by atoms with Crippen molar-refractivity contribution in [1.82, 2.24) is 0 Å². The maximum absolute atomic E-state index is 10.5. The average Bonchev–Trinajstić information content (AvgIpc) is 1.87. The van der Waals surface area contributed by atoms with E-state index < -0.39 is 11.1 Å². The SMILES string of the molecule is CCCC(O)(OC(C)=O)S[S]. The molecule has 65 valence electrons. The Morgan fingerprint density at radius 3 is 2.64 bits per heavy atom. The van der Waals surface area contributed by atoms with Crippen molar-refractivity contribution in [3.8, 4) is 0 Å². The highest BCUT2D eigenvalue weighted by Crippen LogP contribution is 2.31. The standard InChI is InChI=1S/C6H11O3S2/c1-3-4-6(8,11-10)9-5(2)7/h8H,3-4H2,1-2H3. The van der Waals surface area contributed by atoms with Gasteiger partial charge in [-0.05, 0) is 28.9 Å². The second-order valence-electron chi connectivity index (χ2n) is 2.14. The van der Waals surface area contributed by atoms with Gasteiger partial charge in [-0.2, -0.15) is 0 Å². The zero-order valence-corrected chi connectivity index (χ0v) is 8.13. The first kappa shape index (κ1) is 11.1. The van der Waals surface area contributed by atoms with E-state index in [4.69, 9.17) is 0 Å². The topological polar surface area (TPSA) is 46.5 Å². The minimum absolute atomic E-state index is 0.362. The normalized spacial score (nSPS) is 15.6. The van der Waals surface area contributed by atoms with Crippen LogP contribution in [0.2, 0.25) is 0 Å². The lowest BCUT2D eigenvalue weighted by Gasteiger charge is -2.22. The third-order valence-corrected chi connectivity index (χ3v) is 2.33. The monoisotopic (exact) mass is 195 g/mol. The van der Waals surface area contributed by atoms with Gasteiger partial charge in [0, 0.05) is 13.3 Å². The van der Waals surface area contributed by atoms with Crippen LogP contribution in [0.25, 0.3) is 0 Å². The van der Waals surface area contributed by atoms with Gasteiger partial charge in [0.2, 0.25) is 0 Å². The molecule has 1 unspecified atom stereocenters. The molecule has 0 aromatic rings. The summed E-state index contributed by atoms with van der Waals surface area (Å²) >= 11 is 4.56. The second kappa shape index (κ2) is 4.90. The van der Waals surface area contributed by atoms with E-state index in [9.17, 15) is 9.90 Å². The van der Waals surface area contributed by atoms with Crippen molar-refractivity contribution < 1.29 is 14.6 Å². The summed E-state index contributed by atoms with van der Waals surface area (Å²) in [5.74, 6) is -0.515. The Morgan fingerprint density at radius 2 is 2.36 bits per heavy atom. The molecule has 0 saturated carbocycles. The lowest BCUT2D eigenvalue weighted by atomic mass is 10.3. The molecule has 11 heavy (non-hydrogen) atoms. The predicted molar refractivity (Wildman–Crippen MR) is 46.8 cm³/mol. The van der Waals surface area contributed by atoms with E-state index in [0.29, 0.717) is 12.8 Å². The molecular formula is C6H11O3S2. The summed E-state index contributed by atoms with van der Waals surface area (Å²) in [4.78, 5) is 10.5. The smallest absolute Gasteiger partial charge is 0.305 e. The second-order valence-corrected chi connectivity index (χ2v) is 3.44. The largest absolute Gasteiger partial charge is 0.423 e. The third kappa shape index (κ3) is 4.55. The molecule has 1 atom stereocenters. The Bertz CT molecular complexity index is 140. The first-order valence-corrected chi connectivity index (χ1v) is 5.01. The van der Waals surface area contributed by atoms with E-state index in [1.54, 1.807) is 0 Å². The maximum Gasteiger partial charge on any atom is 0.305 e. The van der Waals surface area contributed by atoms with Crippen molar-refractivity contribution in [3.63, 3.8) is 0 Å². The van der Waals surface area contributed by atoms with Crippen molar-refractivity contribution in [2.75, 3.05) is 0 Å². The molecule has 0 aliphatic carbocycles. The van der Waals surface area contributed by atoms with Crippen molar-refractivity contribution in [2.24, 2.45) is 0 Å². The van der Waals surface area contributed by atoms with Gasteiger partial charge in [0.25, 0.3) is 5.12 Å². The minimum Gasteiger partial charge on any atom is -0.423 e. The average molecular weight is 195 g/mol. The number of carbonyl (C=O) groups excluding carboxylic acids is 1. The van der Waals surface area contributed by atoms with E-state index in [2.05, 4.69) is 16.4 Å². The van der Waals surface area contributed by atoms with E-state index in [-0.39, 0.29) is 0 Å². The number of hydrogen-bond acceptors (Lipinski definition) is 4. The van der Waals surface area contributed by atoms with Gasteiger partial charge < -0.3 is 9.84 Å². The van der Waals surface area contributed by atoms with Gasteiger partial charge in [-0.3, -0.25) is 4.79 Å². The van der Waals surface area contributed by atoms with Crippen LogP contribution < -0.4 is 0 Å². The summed E-state index contributed by atoms with van der Waals surface area (Å²) in [5, 5.41) is 7.90. The van der Waals surface area contributed by atoms with Crippen molar-refractivity contribution in [2.45, 2.75) is 31.8 Å². The van der Waals surface area contributed by atoms with Gasteiger partial charge in [0.1, 0.15) is 0 Å². The van der Waals surface area contributed by atoms with Crippen LogP contribution in [0.5, 0.6) is 0 Å². The molecule has 3 nitrogen and oxygen atoms in total. The summed E-state index contributed by atoms with van der Waals surface area (Å²) in [5.41, 5.74) is 0. The molecule has 1 N–H and O–H groups in total. The summed E-state index contributed by atoms with van der Waals surface area (Å²) < 4.78 is 4.60. The highest BCUT2D eigenvalue weighted by atomic mass is 33.1. The van der Waals surface area contributed by atoms with Crippen molar-refractivity contribution >= 4 is 28.4 Å². The fourth-order valence-electron chi connectivity index (χ4n) is 0.650. The van der Waals surface area contributed by atoms with Crippen LogP contribution >= 0.6 is 22.5 Å². The molecule has 0 heterocycles. The van der Waals surface area contributed by atoms with E-state index in [1.807, 2.05) is 6.92 Å². The Morgan fingerprint density at radius 1 is 1.82 bits per heavy atom. The molecule has 0 spiro atoms. The molecule has 0 bridgehead atoms. The summed E-state index contributed by atoms with van der Waals surface area (Å²) in [6, 6.07) is 0. The van der Waals surface area contributed by atoms with Gasteiger partial charge in [0.05, 0.1) is 0 Å². The van der Waals surface area contributed by atoms with Crippen LogP contribution in [0.4, 0.5) is 0 Å². The molecular weight excluding hydrogens is 184 g/mol. The van der Waals surface area contributed by atoms with Gasteiger partial charge >= 0.3 is 5.97 Å². The summed E-state index contributed by atoms with van der Waals surface area (Å²) in [6.07, 6.45) is 1.08. The van der Waals surface area contributed by atoms with E-state index in [0.717, 1.165) is 10.8 Å². The lowest BCUT2D eigenvalue weighted by Crippen LogP contribution is -2.28. The van der Waals surface area contributed by atoms with Gasteiger partial charge in [-0.1, -0.05) is 6.92 Å². The molecule has 0 amide bonds. The van der Waals surface area contributed by atoms with Crippen LogP contribution in [0, 0.1) is 0 Å². The molecule has 0 saturated heterocycles. The van der Waals surface area contributed by atoms with Crippen molar-refractivity contribution in [1.29, 1.82) is 0 Å². The number of aliphatic hydroxyl groups is 1. The Hall–Kier alpha value is 0.130. The third-order valence-electron chi connectivity index (χ3n) is 0.999. The Labute approximate surface area is 75.3 Å². The number of rotatable bonds is 4. The zero-order chi connectivity index (χ0) is 8.91. The number of carbonyl (C=O) groups is 1. The molecule has 0 rings (SSSR count). The highest BCUT2D eigenvalue weighted by Gasteiger charge is 2.29. The molecule has 5 heteroatoms. The molecule has 0 aliphatic rings. The van der Waals surface area contributed by atoms with Crippen LogP contribution in [0.3, 0.4) is 0 Å². The first-order chi connectivity index (χ1) is 5.04. The molecule has 1 radical (unpaired) electrons. The summed E-state index contributed by atoms with van der Waals surface area (Å²) in [6.45, 7) is 3.12. The quantitative estimate of drug-likeness (QED) is 0.422. The van der Waals surface area contributed by atoms with E-state index >= 15 is 0 Å². The van der Waals surface area contributed by atoms with Crippen LogP contribution in [0.15, 0.2) is 0 Å². The molecule has 0 aromatic heterocycles. The predicted octanol–water partition coefficient (Wildman–Crippen LogP) is 1.84. The minimum atomic E-state index is -1.50. The van der Waals surface area contributed by atoms with Gasteiger partial charge in [-0.15, -0.1) is 0 Å². The maximum atomic E-state index is 10.5. The molecule has 0 aliphatic heterocycles. The molecule has 0 aromatic carbocycles. The number of ether oxygens (including phenoxy) is 1. The van der Waals surface area contributed by atoms with E-state index in [1.165, 1.54) is 6.92 Å². The zero-order valence-electron chi connectivity index (χ0n) is 6.49.